The van der Waals surface area contributed by atoms with Crippen molar-refractivity contribution in [3.63, 3.8) is 0 Å². The lowest BCUT2D eigenvalue weighted by atomic mass is 10.0. The third kappa shape index (κ3) is 3.78. The number of benzene rings is 1. The molecule has 3 aliphatic rings. The molecule has 3 aromatic rings. The van der Waals surface area contributed by atoms with Crippen LogP contribution in [0.4, 0.5) is 10.1 Å². The number of carbonyl (C=O) groups is 1. The normalized spacial score (nSPS) is 19.3. The van der Waals surface area contributed by atoms with Crippen LogP contribution in [0.25, 0.3) is 11.2 Å². The van der Waals surface area contributed by atoms with Gasteiger partial charge in [-0.1, -0.05) is 20.7 Å². The van der Waals surface area contributed by atoms with E-state index in [1.807, 2.05) is 22.8 Å². The molecule has 0 aliphatic carbocycles. The van der Waals surface area contributed by atoms with Gasteiger partial charge in [-0.25, -0.2) is 14.2 Å². The SMILES string of the molecule is O=C(C1=CC(N2CCC(n3c(=O)[nH]c4ncccc43)CC2)=ICN1)N1CCc2cc(F)ccc21. The average molecular weight is 574 g/mol. The number of piperidine rings is 1. The molecule has 6 rings (SSSR count). The zero-order valence-electron chi connectivity index (χ0n) is 18.4. The van der Waals surface area contributed by atoms with Gasteiger partial charge in [0.2, 0.25) is 0 Å². The summed E-state index contributed by atoms with van der Waals surface area (Å²) in [7, 11) is 0. The second-order valence-corrected chi connectivity index (χ2v) is 11.3. The molecule has 176 valence electrons. The molecule has 2 N–H and O–H groups in total. The molecular formula is C24H24FIN6O2. The van der Waals surface area contributed by atoms with Crippen molar-refractivity contribution < 1.29 is 9.18 Å². The number of anilines is 1. The van der Waals surface area contributed by atoms with Gasteiger partial charge in [0, 0.05) is 37.6 Å². The fourth-order valence-corrected chi connectivity index (χ4v) is 7.57. The summed E-state index contributed by atoms with van der Waals surface area (Å²) in [6.45, 7) is 2.27. The second kappa shape index (κ2) is 8.73. The molecule has 0 spiro atoms. The number of imidazole rings is 1. The van der Waals surface area contributed by atoms with E-state index in [1.165, 1.54) is 15.8 Å². The summed E-state index contributed by atoms with van der Waals surface area (Å²) in [5, 5.41) is 3.31. The molecule has 0 bridgehead atoms. The number of amides is 1. The zero-order valence-corrected chi connectivity index (χ0v) is 20.6. The molecule has 8 nitrogen and oxygen atoms in total. The summed E-state index contributed by atoms with van der Waals surface area (Å²) >= 11 is -0.246. The highest BCUT2D eigenvalue weighted by Crippen LogP contribution is 2.31. The predicted octanol–water partition coefficient (Wildman–Crippen LogP) is 2.64. The third-order valence-electron chi connectivity index (χ3n) is 6.76. The molecule has 34 heavy (non-hydrogen) atoms. The largest absolute Gasteiger partial charge is 0.372 e. The van der Waals surface area contributed by atoms with Crippen molar-refractivity contribution in [2.75, 3.05) is 29.1 Å². The Morgan fingerprint density at radius 3 is 2.88 bits per heavy atom. The monoisotopic (exact) mass is 574 g/mol. The highest BCUT2D eigenvalue weighted by Gasteiger charge is 2.30. The lowest BCUT2D eigenvalue weighted by Crippen LogP contribution is -2.42. The van der Waals surface area contributed by atoms with E-state index in [2.05, 4.69) is 20.2 Å². The number of pyridine rings is 1. The van der Waals surface area contributed by atoms with Crippen molar-refractivity contribution in [2.24, 2.45) is 0 Å². The predicted molar refractivity (Wildman–Crippen MR) is 138 cm³/mol. The van der Waals surface area contributed by atoms with E-state index in [0.29, 0.717) is 24.3 Å². The van der Waals surface area contributed by atoms with Crippen LogP contribution in [0.1, 0.15) is 24.4 Å². The number of H-pyrrole nitrogens is 1. The van der Waals surface area contributed by atoms with Gasteiger partial charge >= 0.3 is 5.69 Å². The molecular weight excluding hydrogens is 550 g/mol. The minimum atomic E-state index is -0.266. The first-order chi connectivity index (χ1) is 16.6. The van der Waals surface area contributed by atoms with Crippen LogP contribution in [0.2, 0.25) is 0 Å². The Balaban J connectivity index is 1.17. The van der Waals surface area contributed by atoms with E-state index in [-0.39, 0.29) is 44.2 Å². The van der Waals surface area contributed by atoms with Crippen LogP contribution in [0.3, 0.4) is 0 Å². The number of halogens is 2. The number of nitrogens with zero attached hydrogens (tertiary/aromatic N) is 4. The number of carbonyl (C=O) groups excluding carboxylic acids is 1. The molecule has 0 unspecified atom stereocenters. The fraction of sp³-hybridized carbons (Fsp3) is 0.333. The van der Waals surface area contributed by atoms with Crippen LogP contribution in [0, 0.1) is 5.82 Å². The molecule has 1 aromatic carbocycles. The summed E-state index contributed by atoms with van der Waals surface area (Å²) in [6, 6.07) is 8.56. The Kier molecular flexibility index (Phi) is 5.56. The van der Waals surface area contributed by atoms with Gasteiger partial charge in [-0.2, -0.15) is 0 Å². The zero-order chi connectivity index (χ0) is 23.2. The summed E-state index contributed by atoms with van der Waals surface area (Å²) in [5.74, 6) is -0.322. The molecule has 0 atom stereocenters. The Labute approximate surface area is 205 Å². The van der Waals surface area contributed by atoms with Crippen molar-refractivity contribution in [2.45, 2.75) is 25.3 Å². The molecule has 0 radical (unpaired) electrons. The second-order valence-electron chi connectivity index (χ2n) is 8.69. The van der Waals surface area contributed by atoms with Crippen LogP contribution in [0.15, 0.2) is 53.1 Å². The maximum atomic E-state index is 13.6. The van der Waals surface area contributed by atoms with Gasteiger partial charge in [0.25, 0.3) is 5.91 Å². The van der Waals surface area contributed by atoms with Gasteiger partial charge in [0.05, 0.1) is 13.7 Å². The third-order valence-corrected chi connectivity index (χ3v) is 9.30. The Morgan fingerprint density at radius 2 is 2.03 bits per heavy atom. The summed E-state index contributed by atoms with van der Waals surface area (Å²) < 4.78 is 17.5. The minimum absolute atomic E-state index is 0.0562. The number of hydrogen-bond donors (Lipinski definition) is 2. The number of likely N-dealkylation sites (tertiary alicyclic amines) is 1. The molecule has 5 heterocycles. The number of rotatable bonds is 3. The van der Waals surface area contributed by atoms with E-state index >= 15 is 0 Å². The number of alkyl halides is 1. The molecule has 1 amide bonds. The van der Waals surface area contributed by atoms with Crippen LogP contribution in [-0.2, 0) is 11.2 Å². The first-order valence-corrected chi connectivity index (χ1v) is 14.0. The van der Waals surface area contributed by atoms with Crippen molar-refractivity contribution in [1.29, 1.82) is 0 Å². The first kappa shape index (κ1) is 21.7. The molecule has 2 aromatic heterocycles. The fourth-order valence-electron chi connectivity index (χ4n) is 5.08. The maximum absolute atomic E-state index is 13.6. The van der Waals surface area contributed by atoms with Crippen molar-refractivity contribution >= 4 is 47.1 Å². The van der Waals surface area contributed by atoms with Gasteiger partial charge in [-0.15, -0.1) is 0 Å². The maximum Gasteiger partial charge on any atom is 0.327 e. The Morgan fingerprint density at radius 1 is 1.18 bits per heavy atom. The van der Waals surface area contributed by atoms with Gasteiger partial charge < -0.3 is 10.2 Å². The molecule has 1 fully saturated rings. The highest BCUT2D eigenvalue weighted by atomic mass is 127. The quantitative estimate of drug-likeness (QED) is 0.286. The van der Waals surface area contributed by atoms with Crippen LogP contribution >= 0.6 is 20.7 Å². The first-order valence-electron chi connectivity index (χ1n) is 11.4. The lowest BCUT2D eigenvalue weighted by molar-refractivity contribution is -0.115. The average Bonchev–Trinajstić information content (AvgIpc) is 3.43. The summed E-state index contributed by atoms with van der Waals surface area (Å²) in [5.41, 5.74) is 3.67. The van der Waals surface area contributed by atoms with Crippen molar-refractivity contribution in [1.82, 2.24) is 24.8 Å². The number of aromatic amines is 1. The van der Waals surface area contributed by atoms with Gasteiger partial charge in [0.1, 0.15) is 11.5 Å². The van der Waals surface area contributed by atoms with Crippen LogP contribution in [0.5, 0.6) is 0 Å². The number of aromatic nitrogens is 3. The molecule has 0 saturated carbocycles. The highest BCUT2D eigenvalue weighted by molar-refractivity contribution is 14.2. The molecule has 10 heteroatoms. The van der Waals surface area contributed by atoms with E-state index < -0.39 is 0 Å². The van der Waals surface area contributed by atoms with Gasteiger partial charge in [-0.3, -0.25) is 19.2 Å². The van der Waals surface area contributed by atoms with Gasteiger partial charge in [-0.05, 0) is 61.2 Å². The smallest absolute Gasteiger partial charge is 0.327 e. The Hall–Kier alpha value is -2.86. The number of nitrogens with one attached hydrogen (secondary N) is 2. The summed E-state index contributed by atoms with van der Waals surface area (Å²) in [6.07, 6.45) is 6.11. The Bertz CT molecular complexity index is 1400. The van der Waals surface area contributed by atoms with Crippen LogP contribution in [-0.4, -0.2) is 53.2 Å². The molecule has 1 saturated heterocycles. The van der Waals surface area contributed by atoms with E-state index in [4.69, 9.17) is 0 Å². The minimum Gasteiger partial charge on any atom is -0.372 e. The van der Waals surface area contributed by atoms with E-state index in [0.717, 1.165) is 47.3 Å². The molecule has 3 aliphatic heterocycles. The van der Waals surface area contributed by atoms with E-state index in [1.54, 1.807) is 17.2 Å². The lowest BCUT2D eigenvalue weighted by Gasteiger charge is -2.34. The number of fused-ring (bicyclic) bond motifs is 2. The van der Waals surface area contributed by atoms with Crippen LogP contribution < -0.4 is 15.9 Å². The standard InChI is InChI=1S/C24H24FIN6O2/c25-16-3-4-19-15(12-16)5-11-31(19)23(33)18-13-21(26-14-28-18)30-9-6-17(7-10-30)32-20-2-1-8-27-22(20)29-24(32)34/h1-4,8,12-13,17,28H,5-7,9-11,14H2,(H,27,29,34). The van der Waals surface area contributed by atoms with Gasteiger partial charge in [0.15, 0.2) is 5.65 Å². The number of hydrogen-bond acceptors (Lipinski definition) is 5. The summed E-state index contributed by atoms with van der Waals surface area (Å²) in [4.78, 5) is 37.1. The van der Waals surface area contributed by atoms with Crippen molar-refractivity contribution in [3.05, 3.63) is 70.2 Å². The van der Waals surface area contributed by atoms with Crippen molar-refractivity contribution in [3.8, 4) is 0 Å². The van der Waals surface area contributed by atoms with E-state index in [9.17, 15) is 14.0 Å². The topological polar surface area (TPSA) is 86.3 Å².